The summed E-state index contributed by atoms with van der Waals surface area (Å²) in [7, 11) is 0. The first-order chi connectivity index (χ1) is 9.62. The minimum atomic E-state index is 0.250. The van der Waals surface area contributed by atoms with E-state index >= 15 is 0 Å². The van der Waals surface area contributed by atoms with Gasteiger partial charge in [-0.15, -0.1) is 12.8 Å². The summed E-state index contributed by atoms with van der Waals surface area (Å²) >= 11 is 0. The molecule has 3 heteroatoms. The third-order valence-corrected chi connectivity index (χ3v) is 3.69. The first kappa shape index (κ1) is 19.1. The minimum absolute atomic E-state index is 0.250. The van der Waals surface area contributed by atoms with E-state index in [2.05, 4.69) is 38.2 Å². The third-order valence-electron chi connectivity index (χ3n) is 3.69. The van der Waals surface area contributed by atoms with Crippen LogP contribution in [-0.4, -0.2) is 37.2 Å². The number of hydrogen-bond donors (Lipinski definition) is 0. The van der Waals surface area contributed by atoms with Crippen LogP contribution in [-0.2, 0) is 4.74 Å². The second-order valence-corrected chi connectivity index (χ2v) is 5.85. The molecule has 2 nitrogen and oxygen atoms in total. The van der Waals surface area contributed by atoms with Gasteiger partial charge in [0.1, 0.15) is 0 Å². The molecule has 20 heavy (non-hydrogen) atoms. The molecular weight excluding hydrogens is 253 g/mol. The molecule has 1 aliphatic heterocycles. The topological polar surface area (TPSA) is 12.5 Å². The summed E-state index contributed by atoms with van der Waals surface area (Å²) in [6.07, 6.45) is 15.7. The zero-order valence-electron chi connectivity index (χ0n) is 13.1. The molecule has 116 valence electrons. The lowest BCUT2D eigenvalue weighted by Gasteiger charge is -2.30. The number of ether oxygens (including phenoxy) is 1. The third kappa shape index (κ3) is 8.35. The van der Waals surface area contributed by atoms with Crippen LogP contribution in [0.15, 0.2) is 12.9 Å². The number of terminal acetylenes is 1. The minimum Gasteiger partial charge on any atom is -0.378 e. The molecule has 1 aliphatic carbocycles. The SMILES string of the molecule is C#C.C=CF.CC(C)OCC1(CN2CCCCC2)CC1. The zero-order chi connectivity index (χ0) is 15.4. The van der Waals surface area contributed by atoms with Gasteiger partial charge in [0.25, 0.3) is 0 Å². The molecule has 0 radical (unpaired) electrons. The fourth-order valence-corrected chi connectivity index (χ4v) is 2.46. The van der Waals surface area contributed by atoms with Crippen LogP contribution in [0.3, 0.4) is 0 Å². The van der Waals surface area contributed by atoms with Crippen molar-refractivity contribution >= 4 is 0 Å². The van der Waals surface area contributed by atoms with Crippen LogP contribution in [0.1, 0.15) is 46.0 Å². The van der Waals surface area contributed by atoms with Gasteiger partial charge in [-0.1, -0.05) is 13.0 Å². The quantitative estimate of drug-likeness (QED) is 0.706. The Morgan fingerprint density at radius 2 is 1.75 bits per heavy atom. The van der Waals surface area contributed by atoms with Crippen molar-refractivity contribution in [3.63, 3.8) is 0 Å². The van der Waals surface area contributed by atoms with Crippen LogP contribution in [0.2, 0.25) is 0 Å². The predicted molar refractivity (Wildman–Crippen MR) is 84.2 cm³/mol. The van der Waals surface area contributed by atoms with E-state index < -0.39 is 0 Å². The molecule has 0 aromatic rings. The van der Waals surface area contributed by atoms with E-state index in [1.165, 1.54) is 51.7 Å². The molecule has 1 saturated carbocycles. The van der Waals surface area contributed by atoms with E-state index in [9.17, 15) is 4.39 Å². The Hall–Kier alpha value is -0.850. The molecule has 1 saturated heterocycles. The highest BCUT2D eigenvalue weighted by Crippen LogP contribution is 2.46. The first-order valence-corrected chi connectivity index (χ1v) is 7.50. The van der Waals surface area contributed by atoms with E-state index in [1.807, 2.05) is 0 Å². The smallest absolute Gasteiger partial charge is 0.0795 e. The van der Waals surface area contributed by atoms with Crippen LogP contribution in [0.25, 0.3) is 0 Å². The lowest BCUT2D eigenvalue weighted by atomic mass is 10.0. The van der Waals surface area contributed by atoms with Crippen molar-refractivity contribution in [2.75, 3.05) is 26.2 Å². The molecular formula is C17H30FNO. The van der Waals surface area contributed by atoms with Gasteiger partial charge in [-0.25, -0.2) is 4.39 Å². The second-order valence-electron chi connectivity index (χ2n) is 5.85. The number of likely N-dealkylation sites (tertiary alicyclic amines) is 1. The monoisotopic (exact) mass is 283 g/mol. The van der Waals surface area contributed by atoms with Gasteiger partial charge in [-0.2, -0.15) is 0 Å². The van der Waals surface area contributed by atoms with Gasteiger partial charge in [-0.3, -0.25) is 0 Å². The molecule has 2 rings (SSSR count). The summed E-state index contributed by atoms with van der Waals surface area (Å²) in [4.78, 5) is 2.65. The number of hydrogen-bond acceptors (Lipinski definition) is 2. The Bertz CT molecular complexity index is 265. The van der Waals surface area contributed by atoms with E-state index in [4.69, 9.17) is 4.74 Å². The average Bonchev–Trinajstić information content (AvgIpc) is 3.21. The Morgan fingerprint density at radius 1 is 1.25 bits per heavy atom. The van der Waals surface area contributed by atoms with Gasteiger partial charge in [0.2, 0.25) is 0 Å². The van der Waals surface area contributed by atoms with Crippen molar-refractivity contribution in [3.8, 4) is 12.8 Å². The second kappa shape index (κ2) is 10.9. The van der Waals surface area contributed by atoms with E-state index in [0.29, 0.717) is 11.5 Å². The van der Waals surface area contributed by atoms with Crippen LogP contribution < -0.4 is 0 Å². The van der Waals surface area contributed by atoms with Gasteiger partial charge in [0.15, 0.2) is 0 Å². The summed E-state index contributed by atoms with van der Waals surface area (Å²) < 4.78 is 15.8. The highest BCUT2D eigenvalue weighted by atomic mass is 19.1. The summed E-state index contributed by atoms with van der Waals surface area (Å²) in [5.74, 6) is 0. The van der Waals surface area contributed by atoms with Crippen molar-refractivity contribution in [2.45, 2.75) is 52.1 Å². The lowest BCUT2D eigenvalue weighted by Crippen LogP contribution is -2.36. The van der Waals surface area contributed by atoms with Crippen molar-refractivity contribution in [1.82, 2.24) is 4.90 Å². The first-order valence-electron chi connectivity index (χ1n) is 7.50. The molecule has 0 spiro atoms. The maximum atomic E-state index is 10.1. The van der Waals surface area contributed by atoms with Crippen molar-refractivity contribution < 1.29 is 9.13 Å². The van der Waals surface area contributed by atoms with Crippen LogP contribution in [0.5, 0.6) is 0 Å². The molecule has 0 atom stereocenters. The van der Waals surface area contributed by atoms with E-state index in [-0.39, 0.29) is 6.33 Å². The molecule has 2 fully saturated rings. The Morgan fingerprint density at radius 3 is 2.15 bits per heavy atom. The Kier molecular flexibility index (Phi) is 10.4. The lowest BCUT2D eigenvalue weighted by molar-refractivity contribution is 0.0287. The molecule has 2 aliphatic rings. The summed E-state index contributed by atoms with van der Waals surface area (Å²) in [6, 6.07) is 0. The number of piperidine rings is 1. The Balaban J connectivity index is 0.000000641. The van der Waals surface area contributed by atoms with Crippen LogP contribution in [0.4, 0.5) is 4.39 Å². The number of rotatable bonds is 5. The van der Waals surface area contributed by atoms with Gasteiger partial charge in [-0.05, 0) is 52.6 Å². The molecule has 0 amide bonds. The Labute approximate surface area is 124 Å². The number of nitrogens with zero attached hydrogens (tertiary/aromatic N) is 1. The van der Waals surface area contributed by atoms with Crippen LogP contribution in [0, 0.1) is 18.3 Å². The average molecular weight is 283 g/mol. The van der Waals surface area contributed by atoms with Crippen LogP contribution >= 0.6 is 0 Å². The van der Waals surface area contributed by atoms with Crippen molar-refractivity contribution in [1.29, 1.82) is 0 Å². The molecule has 0 aromatic heterocycles. The molecule has 0 unspecified atom stereocenters. The maximum absolute atomic E-state index is 10.1. The highest BCUT2D eigenvalue weighted by molar-refractivity contribution is 4.96. The molecule has 0 N–H and O–H groups in total. The van der Waals surface area contributed by atoms with Gasteiger partial charge in [0, 0.05) is 12.0 Å². The summed E-state index contributed by atoms with van der Waals surface area (Å²) in [5, 5.41) is 0. The predicted octanol–water partition coefficient (Wildman–Crippen LogP) is 4.03. The summed E-state index contributed by atoms with van der Waals surface area (Å²) in [6.45, 7) is 11.9. The van der Waals surface area contributed by atoms with Gasteiger partial charge in [0.05, 0.1) is 19.0 Å². The fraction of sp³-hybridized carbons (Fsp3) is 0.765. The molecule has 0 aromatic carbocycles. The summed E-state index contributed by atoms with van der Waals surface area (Å²) in [5.41, 5.74) is 0.543. The standard InChI is InChI=1S/C13H25NO.C2H3F.C2H2/c1-12(2)15-11-13(6-7-13)10-14-8-4-3-5-9-14;1-2-3;1-2/h12H,3-11H2,1-2H3;2H,1H2;1-2H. The largest absolute Gasteiger partial charge is 0.378 e. The van der Waals surface area contributed by atoms with Gasteiger partial charge < -0.3 is 9.64 Å². The molecule has 0 bridgehead atoms. The highest BCUT2D eigenvalue weighted by Gasteiger charge is 2.44. The van der Waals surface area contributed by atoms with Crippen molar-refractivity contribution in [3.05, 3.63) is 12.9 Å². The normalized spacial score (nSPS) is 20.1. The van der Waals surface area contributed by atoms with E-state index in [1.54, 1.807) is 0 Å². The zero-order valence-corrected chi connectivity index (χ0v) is 13.1. The van der Waals surface area contributed by atoms with E-state index in [0.717, 1.165) is 6.61 Å². The molecule has 1 heterocycles. The van der Waals surface area contributed by atoms with Gasteiger partial charge >= 0.3 is 0 Å². The van der Waals surface area contributed by atoms with Crippen molar-refractivity contribution in [2.24, 2.45) is 5.41 Å². The maximum Gasteiger partial charge on any atom is 0.0795 e. The fourth-order valence-electron chi connectivity index (χ4n) is 2.46. The number of halogens is 1.